The molecule has 7 heteroatoms. The molecular weight excluding hydrogens is 394 g/mol. The average molecular weight is 413 g/mol. The molecule has 0 amide bonds. The molecule has 0 spiro atoms. The predicted octanol–water partition coefficient (Wildman–Crippen LogP) is 3.80. The van der Waals surface area contributed by atoms with E-state index in [9.17, 15) is 9.59 Å². The summed E-state index contributed by atoms with van der Waals surface area (Å²) in [6, 6.07) is 23.3. The number of ether oxygens (including phenoxy) is 1. The highest BCUT2D eigenvalue weighted by Gasteiger charge is 2.13. The Kier molecular flexibility index (Phi) is 5.57. The van der Waals surface area contributed by atoms with Gasteiger partial charge in [-0.25, -0.2) is 9.78 Å². The molecular formula is C24H19N3O4. The molecule has 0 aliphatic carbocycles. The lowest BCUT2D eigenvalue weighted by atomic mass is 10.2. The highest BCUT2D eigenvalue weighted by molar-refractivity contribution is 5.82. The maximum atomic E-state index is 13.1. The Labute approximate surface area is 177 Å². The average Bonchev–Trinajstić information content (AvgIpc) is 2.80. The van der Waals surface area contributed by atoms with E-state index in [-0.39, 0.29) is 5.56 Å². The predicted molar refractivity (Wildman–Crippen MR) is 119 cm³/mol. The van der Waals surface area contributed by atoms with Gasteiger partial charge in [0.2, 0.25) is 0 Å². The second kappa shape index (κ2) is 8.62. The van der Waals surface area contributed by atoms with Crippen LogP contribution in [-0.4, -0.2) is 33.1 Å². The Hall–Kier alpha value is -4.26. The number of carboxylic acid groups (broad SMARTS) is 1. The van der Waals surface area contributed by atoms with Gasteiger partial charge in [-0.15, -0.1) is 0 Å². The fourth-order valence-electron chi connectivity index (χ4n) is 3.02. The van der Waals surface area contributed by atoms with E-state index < -0.39 is 12.1 Å². The van der Waals surface area contributed by atoms with Gasteiger partial charge in [0, 0.05) is 5.56 Å². The molecule has 0 fully saturated rings. The number of nitrogens with zero attached hydrogens (tertiary/aromatic N) is 3. The van der Waals surface area contributed by atoms with Gasteiger partial charge >= 0.3 is 5.97 Å². The van der Waals surface area contributed by atoms with Crippen LogP contribution in [0.4, 0.5) is 0 Å². The third-order valence-electron chi connectivity index (χ3n) is 4.65. The number of rotatable bonds is 6. The normalized spacial score (nSPS) is 12.2. The third kappa shape index (κ3) is 4.35. The standard InChI is InChI=1S/C24H19N3O4/c1-16(24(29)30)31-19-13-11-17(12-14-19)15-25-27-22(18-7-3-2-4-8-18)26-21-10-6-5-9-20(21)23(27)28/h2-16H,1H3,(H,29,30)/t16-/m0/s1. The first kappa shape index (κ1) is 20.0. The summed E-state index contributed by atoms with van der Waals surface area (Å²) >= 11 is 0. The Morgan fingerprint density at radius 1 is 1.03 bits per heavy atom. The second-order valence-corrected chi connectivity index (χ2v) is 6.85. The molecule has 154 valence electrons. The van der Waals surface area contributed by atoms with Crippen LogP contribution >= 0.6 is 0 Å². The van der Waals surface area contributed by atoms with Crippen LogP contribution in [0.5, 0.6) is 5.75 Å². The van der Waals surface area contributed by atoms with E-state index in [0.717, 1.165) is 11.1 Å². The largest absolute Gasteiger partial charge is 0.479 e. The van der Waals surface area contributed by atoms with Crippen molar-refractivity contribution in [2.45, 2.75) is 13.0 Å². The number of carbonyl (C=O) groups is 1. The van der Waals surface area contributed by atoms with Gasteiger partial charge < -0.3 is 9.84 Å². The molecule has 3 aromatic carbocycles. The molecule has 4 rings (SSSR count). The molecule has 4 aromatic rings. The van der Waals surface area contributed by atoms with E-state index in [2.05, 4.69) is 10.1 Å². The summed E-state index contributed by atoms with van der Waals surface area (Å²) in [7, 11) is 0. The number of fused-ring (bicyclic) bond motifs is 1. The van der Waals surface area contributed by atoms with Crippen molar-refractivity contribution in [2.75, 3.05) is 0 Å². The highest BCUT2D eigenvalue weighted by Crippen LogP contribution is 2.19. The van der Waals surface area contributed by atoms with Crippen LogP contribution < -0.4 is 10.3 Å². The van der Waals surface area contributed by atoms with Crippen molar-refractivity contribution < 1.29 is 14.6 Å². The highest BCUT2D eigenvalue weighted by atomic mass is 16.5. The van der Waals surface area contributed by atoms with Crippen LogP contribution in [0, 0.1) is 0 Å². The summed E-state index contributed by atoms with van der Waals surface area (Å²) < 4.78 is 6.61. The van der Waals surface area contributed by atoms with Crippen LogP contribution in [0.3, 0.4) is 0 Å². The summed E-state index contributed by atoms with van der Waals surface area (Å²) in [6.07, 6.45) is 0.601. The summed E-state index contributed by atoms with van der Waals surface area (Å²) in [5, 5.41) is 13.8. The molecule has 1 atom stereocenters. The van der Waals surface area contributed by atoms with Crippen molar-refractivity contribution in [1.29, 1.82) is 0 Å². The van der Waals surface area contributed by atoms with Crippen molar-refractivity contribution in [3.63, 3.8) is 0 Å². The number of benzene rings is 3. The Balaban J connectivity index is 1.72. The number of hydrogen-bond acceptors (Lipinski definition) is 5. The smallest absolute Gasteiger partial charge is 0.344 e. The van der Waals surface area contributed by atoms with Gasteiger partial charge in [-0.05, 0) is 48.9 Å². The summed E-state index contributed by atoms with van der Waals surface area (Å²) in [6.45, 7) is 1.46. The van der Waals surface area contributed by atoms with E-state index >= 15 is 0 Å². The number of hydrogen-bond donors (Lipinski definition) is 1. The van der Waals surface area contributed by atoms with E-state index in [0.29, 0.717) is 22.5 Å². The zero-order valence-corrected chi connectivity index (χ0v) is 16.7. The van der Waals surface area contributed by atoms with Crippen molar-refractivity contribution in [3.05, 3.63) is 94.8 Å². The molecule has 0 bridgehead atoms. The van der Waals surface area contributed by atoms with Crippen molar-refractivity contribution in [2.24, 2.45) is 5.10 Å². The summed E-state index contributed by atoms with van der Waals surface area (Å²) in [4.78, 5) is 28.7. The molecule has 0 saturated carbocycles. The topological polar surface area (TPSA) is 93.8 Å². The lowest BCUT2D eigenvalue weighted by molar-refractivity contribution is -0.144. The Morgan fingerprint density at radius 2 is 1.71 bits per heavy atom. The van der Waals surface area contributed by atoms with E-state index in [1.54, 1.807) is 48.7 Å². The molecule has 1 aromatic heterocycles. The van der Waals surface area contributed by atoms with Crippen molar-refractivity contribution >= 4 is 23.1 Å². The van der Waals surface area contributed by atoms with Crippen LogP contribution in [0.2, 0.25) is 0 Å². The second-order valence-electron chi connectivity index (χ2n) is 6.85. The number of aromatic nitrogens is 2. The van der Waals surface area contributed by atoms with Gasteiger partial charge in [0.25, 0.3) is 5.56 Å². The maximum absolute atomic E-state index is 13.1. The Bertz CT molecular complexity index is 1310. The molecule has 0 aliphatic rings. The lowest BCUT2D eigenvalue weighted by Gasteiger charge is -2.10. The first-order chi connectivity index (χ1) is 15.0. The molecule has 0 unspecified atom stereocenters. The number of para-hydroxylation sites is 1. The van der Waals surface area contributed by atoms with Gasteiger partial charge in [-0.3, -0.25) is 4.79 Å². The first-order valence-electron chi connectivity index (χ1n) is 9.64. The third-order valence-corrected chi connectivity index (χ3v) is 4.65. The molecule has 1 heterocycles. The maximum Gasteiger partial charge on any atom is 0.344 e. The molecule has 7 nitrogen and oxygen atoms in total. The quantitative estimate of drug-likeness (QED) is 0.485. The zero-order valence-electron chi connectivity index (χ0n) is 16.7. The minimum Gasteiger partial charge on any atom is -0.479 e. The number of carboxylic acids is 1. The lowest BCUT2D eigenvalue weighted by Crippen LogP contribution is -2.22. The van der Waals surface area contributed by atoms with E-state index in [4.69, 9.17) is 9.84 Å². The van der Waals surface area contributed by atoms with Crippen LogP contribution in [0.1, 0.15) is 12.5 Å². The van der Waals surface area contributed by atoms with Gasteiger partial charge in [0.15, 0.2) is 11.9 Å². The minimum absolute atomic E-state index is 0.268. The van der Waals surface area contributed by atoms with Gasteiger partial charge in [0.1, 0.15) is 5.75 Å². The first-order valence-corrected chi connectivity index (χ1v) is 9.64. The van der Waals surface area contributed by atoms with Crippen molar-refractivity contribution in [3.8, 4) is 17.1 Å². The fraction of sp³-hybridized carbons (Fsp3) is 0.0833. The molecule has 0 radical (unpaired) electrons. The van der Waals surface area contributed by atoms with Gasteiger partial charge in [0.05, 0.1) is 17.1 Å². The minimum atomic E-state index is -1.04. The number of aliphatic carboxylic acids is 1. The summed E-state index contributed by atoms with van der Waals surface area (Å²) in [5.74, 6) is -0.167. The van der Waals surface area contributed by atoms with Gasteiger partial charge in [-0.1, -0.05) is 42.5 Å². The summed E-state index contributed by atoms with van der Waals surface area (Å²) in [5.41, 5.74) is 1.83. The van der Waals surface area contributed by atoms with E-state index in [1.165, 1.54) is 11.6 Å². The van der Waals surface area contributed by atoms with E-state index in [1.807, 2.05) is 36.4 Å². The molecule has 0 saturated heterocycles. The molecule has 1 N–H and O–H groups in total. The fourth-order valence-corrected chi connectivity index (χ4v) is 3.02. The molecule has 31 heavy (non-hydrogen) atoms. The zero-order chi connectivity index (χ0) is 21.8. The van der Waals surface area contributed by atoms with Gasteiger partial charge in [-0.2, -0.15) is 9.78 Å². The van der Waals surface area contributed by atoms with Crippen LogP contribution in [0.15, 0.2) is 88.8 Å². The Morgan fingerprint density at radius 3 is 2.42 bits per heavy atom. The van der Waals surface area contributed by atoms with Crippen LogP contribution in [0.25, 0.3) is 22.3 Å². The monoisotopic (exact) mass is 413 g/mol. The van der Waals surface area contributed by atoms with Crippen LogP contribution in [-0.2, 0) is 4.79 Å². The van der Waals surface area contributed by atoms with Crippen molar-refractivity contribution in [1.82, 2.24) is 9.66 Å². The molecule has 0 aliphatic heterocycles. The SMILES string of the molecule is C[C@H](Oc1ccc(C=Nn2c(-c3ccccc3)nc3ccccc3c2=O)cc1)C(=O)O.